The van der Waals surface area contributed by atoms with Gasteiger partial charge in [-0.05, 0) is 39.7 Å². The maximum absolute atomic E-state index is 13.1. The number of carbonyl (C=O) groups is 1. The summed E-state index contributed by atoms with van der Waals surface area (Å²) >= 11 is 0. The van der Waals surface area contributed by atoms with E-state index >= 15 is 0 Å². The second kappa shape index (κ2) is 8.57. The Kier molecular flexibility index (Phi) is 6.41. The largest absolute Gasteiger partial charge is 0.668 e. The number of benzene rings is 2. The van der Waals surface area contributed by atoms with E-state index in [9.17, 15) is 9.82 Å². The Balaban J connectivity index is 0.00000272. The van der Waals surface area contributed by atoms with Crippen molar-refractivity contribution in [3.05, 3.63) is 77.7 Å². The van der Waals surface area contributed by atoms with Gasteiger partial charge in [-0.25, -0.2) is 0 Å². The molecule has 0 bridgehead atoms. The predicted octanol–water partition coefficient (Wildman–Crippen LogP) is 1.13. The Morgan fingerprint density at radius 3 is 2.71 bits per heavy atom. The standard InChI is InChI=1S/C23H27BN3O3.H2S/c1-27(2)10-8-17-5-6-19(13-22(17)24(27,29)30)21(14-25)23(28)12-16-3-4-20-15-26-9-7-18(20)11-16;/h3-11,13,15,21,29H,12,14,25,30H2,1-2H3;1H2/q+1;/t21-,24?;/m1./s1. The molecule has 1 unspecified atom stereocenters. The number of rotatable bonds is 5. The van der Waals surface area contributed by atoms with Gasteiger partial charge in [-0.1, -0.05) is 36.4 Å². The van der Waals surface area contributed by atoms with E-state index in [0.29, 0.717) is 5.46 Å². The fourth-order valence-corrected chi connectivity index (χ4v) is 4.09. The Morgan fingerprint density at radius 2 is 1.97 bits per heavy atom. The minimum Gasteiger partial charge on any atom is -0.609 e. The van der Waals surface area contributed by atoms with Gasteiger partial charge in [0, 0.05) is 44.8 Å². The first-order valence-corrected chi connectivity index (χ1v) is 10.1. The molecule has 2 atom stereocenters. The van der Waals surface area contributed by atoms with Crippen molar-refractivity contribution >= 4 is 48.3 Å². The second-order valence-electron chi connectivity index (χ2n) is 8.60. The van der Waals surface area contributed by atoms with Crippen LogP contribution in [0, 0.1) is 0 Å². The molecule has 1 aliphatic heterocycles. The van der Waals surface area contributed by atoms with Crippen LogP contribution in [0.5, 0.6) is 0 Å². The first-order chi connectivity index (χ1) is 14.2. The van der Waals surface area contributed by atoms with Crippen molar-refractivity contribution in [2.24, 2.45) is 5.73 Å². The Hall–Kier alpha value is -2.49. The highest BCUT2D eigenvalue weighted by Crippen LogP contribution is 2.25. The topological polar surface area (TPSA) is 99.1 Å². The smallest absolute Gasteiger partial charge is 0.609 e. The summed E-state index contributed by atoms with van der Waals surface area (Å²) in [5.41, 5.74) is 9.02. The summed E-state index contributed by atoms with van der Waals surface area (Å²) in [5.74, 6) is -0.469. The molecule has 5 N–H and O–H groups in total. The lowest BCUT2D eigenvalue weighted by atomic mass is 9.57. The van der Waals surface area contributed by atoms with Crippen molar-refractivity contribution in [1.82, 2.24) is 4.98 Å². The van der Waals surface area contributed by atoms with E-state index in [4.69, 9.17) is 10.8 Å². The van der Waals surface area contributed by atoms with Gasteiger partial charge >= 0.3 is 6.69 Å². The highest BCUT2D eigenvalue weighted by molar-refractivity contribution is 7.59. The number of hydrogen-bond donors (Lipinski definition) is 2. The molecule has 0 radical (unpaired) electrons. The van der Waals surface area contributed by atoms with Gasteiger partial charge in [0.25, 0.3) is 0 Å². The average molecular weight is 438 g/mol. The zero-order valence-electron chi connectivity index (χ0n) is 17.7. The average Bonchev–Trinajstić information content (AvgIpc) is 2.72. The number of fused-ring (bicyclic) bond motifs is 2. The zero-order chi connectivity index (χ0) is 21.5. The summed E-state index contributed by atoms with van der Waals surface area (Å²) in [6.45, 7) is -2.42. The van der Waals surface area contributed by atoms with Crippen LogP contribution in [0.4, 0.5) is 0 Å². The molecule has 31 heavy (non-hydrogen) atoms. The maximum Gasteiger partial charge on any atom is 0.668 e. The number of hydrogen-bond acceptors (Lipinski definition) is 4. The SMILES string of the molecule is C[N+]1(C)C=Cc2ccc([C@@H](CN)C(=O)Cc3ccc4cnccc4c3)cc2[B-]1(O)[OH2+].S. The summed E-state index contributed by atoms with van der Waals surface area (Å²) in [6.07, 6.45) is 7.54. The van der Waals surface area contributed by atoms with Gasteiger partial charge in [0.1, 0.15) is 5.78 Å². The van der Waals surface area contributed by atoms with Crippen LogP contribution in [0.1, 0.15) is 22.6 Å². The monoisotopic (exact) mass is 438 g/mol. The summed E-state index contributed by atoms with van der Waals surface area (Å²) in [6, 6.07) is 13.4. The highest BCUT2D eigenvalue weighted by Gasteiger charge is 2.52. The number of nitrogens with zero attached hydrogens (tertiary/aromatic N) is 2. The van der Waals surface area contributed by atoms with Crippen LogP contribution in [-0.4, -0.2) is 52.5 Å². The molecule has 0 spiro atoms. The van der Waals surface area contributed by atoms with E-state index in [1.165, 1.54) is 0 Å². The van der Waals surface area contributed by atoms with Crippen molar-refractivity contribution in [3.63, 3.8) is 0 Å². The lowest BCUT2D eigenvalue weighted by Gasteiger charge is -2.42. The van der Waals surface area contributed by atoms with Gasteiger partial charge in [0.05, 0.1) is 12.1 Å². The molecular weight excluding hydrogens is 409 g/mol. The number of ketones is 1. The van der Waals surface area contributed by atoms with Gasteiger partial charge in [-0.3, -0.25) is 9.78 Å². The normalized spacial score (nSPS) is 20.0. The van der Waals surface area contributed by atoms with Crippen molar-refractivity contribution in [3.8, 4) is 0 Å². The van der Waals surface area contributed by atoms with Crippen molar-refractivity contribution < 1.29 is 19.2 Å². The summed E-state index contributed by atoms with van der Waals surface area (Å²) < 4.78 is 0.0453. The molecule has 1 aliphatic rings. The molecule has 1 aromatic heterocycles. The minimum atomic E-state index is -2.60. The first-order valence-electron chi connectivity index (χ1n) is 10.1. The Bertz CT molecular complexity index is 1160. The fraction of sp³-hybridized carbons (Fsp3) is 0.217. The molecule has 3 aromatic rings. The number of quaternary nitrogens is 1. The number of carbonyl (C=O) groups excluding carboxylic acids is 1. The van der Waals surface area contributed by atoms with Gasteiger partial charge in [0.15, 0.2) is 0 Å². The molecular formula is C23H29BN3O3S+. The van der Waals surface area contributed by atoms with Gasteiger partial charge < -0.3 is 20.2 Å². The number of aromatic nitrogens is 1. The van der Waals surface area contributed by atoms with Crippen LogP contribution in [0.25, 0.3) is 16.8 Å². The molecule has 0 amide bonds. The van der Waals surface area contributed by atoms with Gasteiger partial charge in [0.2, 0.25) is 0 Å². The van der Waals surface area contributed by atoms with Crippen molar-refractivity contribution in [1.29, 1.82) is 0 Å². The third-order valence-electron chi connectivity index (χ3n) is 6.26. The summed E-state index contributed by atoms with van der Waals surface area (Å²) in [7, 11) is 3.58. The van der Waals surface area contributed by atoms with E-state index < -0.39 is 12.6 Å². The Labute approximate surface area is 189 Å². The lowest BCUT2D eigenvalue weighted by molar-refractivity contribution is -0.750. The summed E-state index contributed by atoms with van der Waals surface area (Å²) in [4.78, 5) is 17.2. The van der Waals surface area contributed by atoms with Crippen LogP contribution in [0.15, 0.2) is 61.1 Å². The maximum atomic E-state index is 13.1. The molecule has 0 saturated heterocycles. The molecule has 0 aliphatic carbocycles. The molecule has 6 nitrogen and oxygen atoms in total. The lowest BCUT2D eigenvalue weighted by Crippen LogP contribution is -2.71. The third-order valence-corrected chi connectivity index (χ3v) is 6.26. The van der Waals surface area contributed by atoms with E-state index in [0.717, 1.165) is 27.5 Å². The molecule has 162 valence electrons. The molecule has 4 rings (SSSR count). The van der Waals surface area contributed by atoms with E-state index in [2.05, 4.69) is 4.98 Å². The van der Waals surface area contributed by atoms with Crippen LogP contribution >= 0.6 is 13.5 Å². The molecule has 0 fully saturated rings. The molecule has 0 saturated carbocycles. The van der Waals surface area contributed by atoms with Crippen LogP contribution < -0.4 is 11.2 Å². The molecule has 8 heteroatoms. The van der Waals surface area contributed by atoms with Crippen LogP contribution in [-0.2, 0) is 11.2 Å². The highest BCUT2D eigenvalue weighted by atomic mass is 32.1. The molecule has 2 heterocycles. The summed E-state index contributed by atoms with van der Waals surface area (Å²) in [5, 5.41) is 21.6. The van der Waals surface area contributed by atoms with E-state index in [1.54, 1.807) is 32.6 Å². The number of Topliss-reactive ketones (excluding diaryl/α,β-unsaturated/α-hetero) is 1. The predicted molar refractivity (Wildman–Crippen MR) is 131 cm³/mol. The number of pyridine rings is 1. The number of nitrogens with two attached hydrogens (primary N) is 1. The van der Waals surface area contributed by atoms with Crippen molar-refractivity contribution in [2.45, 2.75) is 12.3 Å². The first kappa shape index (κ1) is 23.2. The van der Waals surface area contributed by atoms with Crippen LogP contribution in [0.2, 0.25) is 0 Å². The molecule has 2 aromatic carbocycles. The van der Waals surface area contributed by atoms with Crippen LogP contribution in [0.3, 0.4) is 0 Å². The second-order valence-corrected chi connectivity index (χ2v) is 8.60. The van der Waals surface area contributed by atoms with E-state index in [1.807, 2.05) is 48.7 Å². The minimum absolute atomic E-state index is 0. The third kappa shape index (κ3) is 4.17. The fourth-order valence-electron chi connectivity index (χ4n) is 4.09. The van der Waals surface area contributed by atoms with Gasteiger partial charge in [-0.2, -0.15) is 13.5 Å². The van der Waals surface area contributed by atoms with Crippen molar-refractivity contribution in [2.75, 3.05) is 20.6 Å². The van der Waals surface area contributed by atoms with Gasteiger partial charge in [-0.15, -0.1) is 0 Å². The quantitative estimate of drug-likeness (QED) is 0.461. The zero-order valence-corrected chi connectivity index (χ0v) is 18.7. The Morgan fingerprint density at radius 1 is 1.19 bits per heavy atom. The van der Waals surface area contributed by atoms with E-state index in [-0.39, 0.29) is 36.6 Å².